The monoisotopic (exact) mass is 366 g/mol. The van der Waals surface area contributed by atoms with E-state index in [0.29, 0.717) is 5.56 Å². The average molecular weight is 366 g/mol. The number of nitro groups is 1. The van der Waals surface area contributed by atoms with Gasteiger partial charge in [0.2, 0.25) is 0 Å². The lowest BCUT2D eigenvalue weighted by molar-refractivity contribution is -0.384. The average Bonchev–Trinajstić information content (AvgIpc) is 2.59. The van der Waals surface area contributed by atoms with Crippen molar-refractivity contribution in [1.29, 1.82) is 0 Å². The van der Waals surface area contributed by atoms with Crippen LogP contribution in [0.1, 0.15) is 35.3 Å². The predicted octanol–water partition coefficient (Wildman–Crippen LogP) is 4.32. The molecule has 26 heavy (non-hydrogen) atoms. The van der Waals surface area contributed by atoms with Crippen molar-refractivity contribution in [3.8, 4) is 0 Å². The summed E-state index contributed by atoms with van der Waals surface area (Å²) in [7, 11) is 0. The fourth-order valence-electron chi connectivity index (χ4n) is 2.38. The molecule has 0 bridgehead atoms. The van der Waals surface area contributed by atoms with Crippen LogP contribution in [0.4, 0.5) is 18.9 Å². The van der Waals surface area contributed by atoms with Crippen molar-refractivity contribution in [2.24, 2.45) is 0 Å². The topological polar surface area (TPSA) is 72.2 Å². The molecule has 0 aromatic heterocycles. The van der Waals surface area contributed by atoms with Gasteiger partial charge in [-0.1, -0.05) is 38.1 Å². The number of nitrogens with one attached hydrogen (secondary N) is 1. The highest BCUT2D eigenvalue weighted by molar-refractivity contribution is 5.94. The molecule has 0 aliphatic carbocycles. The van der Waals surface area contributed by atoms with E-state index in [0.717, 1.165) is 18.2 Å². The van der Waals surface area contributed by atoms with Crippen molar-refractivity contribution >= 4 is 11.6 Å². The van der Waals surface area contributed by atoms with E-state index in [1.807, 2.05) is 0 Å². The lowest BCUT2D eigenvalue weighted by atomic mass is 9.83. The molecule has 0 aliphatic rings. The number of hydrogen-bond acceptors (Lipinski definition) is 3. The summed E-state index contributed by atoms with van der Waals surface area (Å²) in [4.78, 5) is 22.4. The van der Waals surface area contributed by atoms with Crippen LogP contribution in [-0.2, 0) is 11.6 Å². The van der Waals surface area contributed by atoms with E-state index < -0.39 is 28.0 Å². The molecule has 8 heteroatoms. The van der Waals surface area contributed by atoms with E-state index in [1.54, 1.807) is 19.9 Å². The number of nitrogens with zero attached hydrogens (tertiary/aromatic N) is 1. The van der Waals surface area contributed by atoms with Gasteiger partial charge in [0.05, 0.1) is 10.5 Å². The summed E-state index contributed by atoms with van der Waals surface area (Å²) >= 11 is 0. The van der Waals surface area contributed by atoms with Crippen LogP contribution in [-0.4, -0.2) is 17.4 Å². The van der Waals surface area contributed by atoms with E-state index >= 15 is 0 Å². The second-order valence-corrected chi connectivity index (χ2v) is 6.45. The molecule has 2 aromatic carbocycles. The molecule has 0 atom stereocenters. The Morgan fingerprint density at radius 1 is 1.08 bits per heavy atom. The van der Waals surface area contributed by atoms with E-state index in [9.17, 15) is 28.1 Å². The van der Waals surface area contributed by atoms with Gasteiger partial charge in [0.15, 0.2) is 0 Å². The van der Waals surface area contributed by atoms with Crippen molar-refractivity contribution in [2.75, 3.05) is 6.54 Å². The molecule has 0 saturated heterocycles. The largest absolute Gasteiger partial charge is 0.416 e. The summed E-state index contributed by atoms with van der Waals surface area (Å²) in [5.74, 6) is -0.534. The van der Waals surface area contributed by atoms with Crippen LogP contribution in [0.15, 0.2) is 48.5 Å². The molecular weight excluding hydrogens is 349 g/mol. The van der Waals surface area contributed by atoms with Crippen LogP contribution in [0.5, 0.6) is 0 Å². The Bertz CT molecular complexity index is 832. The molecule has 0 heterocycles. The number of rotatable bonds is 5. The summed E-state index contributed by atoms with van der Waals surface area (Å²) in [6.45, 7) is 3.47. The second kappa shape index (κ2) is 7.15. The van der Waals surface area contributed by atoms with Crippen molar-refractivity contribution < 1.29 is 22.9 Å². The zero-order valence-corrected chi connectivity index (χ0v) is 14.1. The molecule has 0 radical (unpaired) electrons. The zero-order valence-electron chi connectivity index (χ0n) is 14.1. The van der Waals surface area contributed by atoms with Crippen molar-refractivity contribution in [1.82, 2.24) is 5.32 Å². The van der Waals surface area contributed by atoms with Crippen LogP contribution in [0, 0.1) is 10.1 Å². The minimum absolute atomic E-state index is 0.0653. The van der Waals surface area contributed by atoms with Gasteiger partial charge in [-0.3, -0.25) is 14.9 Å². The summed E-state index contributed by atoms with van der Waals surface area (Å²) in [5.41, 5.74) is -1.20. The van der Waals surface area contributed by atoms with Gasteiger partial charge < -0.3 is 5.32 Å². The molecule has 0 unspecified atom stereocenters. The van der Waals surface area contributed by atoms with E-state index in [-0.39, 0.29) is 17.8 Å². The molecule has 0 spiro atoms. The Hall–Kier alpha value is -2.90. The minimum atomic E-state index is -4.45. The molecule has 1 N–H and O–H groups in total. The Labute approximate surface area is 148 Å². The molecular formula is C18H17F3N2O3. The van der Waals surface area contributed by atoms with Crippen LogP contribution in [0.25, 0.3) is 0 Å². The smallest absolute Gasteiger partial charge is 0.351 e. The number of nitro benzene ring substituents is 1. The van der Waals surface area contributed by atoms with Crippen molar-refractivity contribution in [2.45, 2.75) is 25.4 Å². The molecule has 2 aromatic rings. The Kier molecular flexibility index (Phi) is 5.34. The van der Waals surface area contributed by atoms with Gasteiger partial charge >= 0.3 is 6.18 Å². The lowest BCUT2D eigenvalue weighted by Crippen LogP contribution is -2.36. The van der Waals surface area contributed by atoms with Gasteiger partial charge in [0.1, 0.15) is 0 Å². The third kappa shape index (κ3) is 4.59. The van der Waals surface area contributed by atoms with Gasteiger partial charge in [0, 0.05) is 29.7 Å². The molecule has 2 rings (SSSR count). The van der Waals surface area contributed by atoms with Crippen LogP contribution in [0.2, 0.25) is 0 Å². The van der Waals surface area contributed by atoms with Crippen LogP contribution < -0.4 is 5.32 Å². The Morgan fingerprint density at radius 3 is 2.31 bits per heavy atom. The summed E-state index contributed by atoms with van der Waals surface area (Å²) in [6, 6.07) is 10.2. The number of carbonyl (C=O) groups is 1. The number of halogens is 3. The maximum absolute atomic E-state index is 12.9. The van der Waals surface area contributed by atoms with E-state index in [1.165, 1.54) is 24.3 Å². The number of hydrogen-bond donors (Lipinski definition) is 1. The zero-order chi connectivity index (χ0) is 19.5. The number of amides is 1. The summed E-state index contributed by atoms with van der Waals surface area (Å²) in [6.07, 6.45) is -4.45. The number of benzene rings is 2. The first kappa shape index (κ1) is 19.4. The first-order valence-electron chi connectivity index (χ1n) is 7.71. The van der Waals surface area contributed by atoms with Gasteiger partial charge in [0.25, 0.3) is 11.6 Å². The highest BCUT2D eigenvalue weighted by Crippen LogP contribution is 2.32. The van der Waals surface area contributed by atoms with Gasteiger partial charge in [-0.05, 0) is 17.7 Å². The quantitative estimate of drug-likeness (QED) is 0.633. The fraction of sp³-hybridized carbons (Fsp3) is 0.278. The third-order valence-corrected chi connectivity index (χ3v) is 3.98. The summed E-state index contributed by atoms with van der Waals surface area (Å²) < 4.78 is 38.6. The van der Waals surface area contributed by atoms with Crippen molar-refractivity contribution in [3.63, 3.8) is 0 Å². The number of carbonyl (C=O) groups excluding carboxylic acids is 1. The second-order valence-electron chi connectivity index (χ2n) is 6.45. The number of non-ortho nitro benzene ring substituents is 1. The molecule has 5 nitrogen and oxygen atoms in total. The Morgan fingerprint density at radius 2 is 1.69 bits per heavy atom. The third-order valence-electron chi connectivity index (χ3n) is 3.98. The highest BCUT2D eigenvalue weighted by atomic mass is 19.4. The fourth-order valence-corrected chi connectivity index (χ4v) is 2.38. The van der Waals surface area contributed by atoms with Gasteiger partial charge in [-0.2, -0.15) is 13.2 Å². The van der Waals surface area contributed by atoms with Gasteiger partial charge in [-0.15, -0.1) is 0 Å². The maximum atomic E-state index is 12.9. The molecule has 0 aliphatic heterocycles. The Balaban J connectivity index is 2.14. The van der Waals surface area contributed by atoms with Crippen LogP contribution in [0.3, 0.4) is 0 Å². The van der Waals surface area contributed by atoms with E-state index in [4.69, 9.17) is 0 Å². The first-order chi connectivity index (χ1) is 12.0. The minimum Gasteiger partial charge on any atom is -0.351 e. The molecule has 0 saturated carbocycles. The number of alkyl halides is 3. The lowest BCUT2D eigenvalue weighted by Gasteiger charge is -2.26. The molecule has 138 valence electrons. The van der Waals surface area contributed by atoms with Crippen molar-refractivity contribution in [3.05, 3.63) is 75.3 Å². The highest BCUT2D eigenvalue weighted by Gasteiger charge is 2.32. The van der Waals surface area contributed by atoms with Crippen LogP contribution >= 0.6 is 0 Å². The maximum Gasteiger partial charge on any atom is 0.416 e. The first-order valence-corrected chi connectivity index (χ1v) is 7.71. The molecule has 1 amide bonds. The van der Waals surface area contributed by atoms with E-state index in [2.05, 4.69) is 5.32 Å². The summed E-state index contributed by atoms with van der Waals surface area (Å²) in [5, 5.41) is 13.4. The van der Waals surface area contributed by atoms with Gasteiger partial charge in [-0.25, -0.2) is 0 Å². The predicted molar refractivity (Wildman–Crippen MR) is 89.9 cm³/mol. The normalized spacial score (nSPS) is 11.9. The SMILES string of the molecule is CC(C)(CNC(=O)c1cccc([N+](=O)[O-])c1)c1cccc(C(F)(F)F)c1. The molecule has 0 fully saturated rings. The standard InChI is InChI=1S/C18H17F3N2O3/c1-17(2,13-6-4-7-14(10-13)18(19,20)21)11-22-16(24)12-5-3-8-15(9-12)23(25)26/h3-10H,11H2,1-2H3,(H,22,24).